The van der Waals surface area contributed by atoms with E-state index in [9.17, 15) is 0 Å². The quantitative estimate of drug-likeness (QED) is 0.207. The zero-order valence-corrected chi connectivity index (χ0v) is 20.9. The molecule has 0 aromatic carbocycles. The van der Waals surface area contributed by atoms with Gasteiger partial charge in [0.15, 0.2) is 23.1 Å². The van der Waals surface area contributed by atoms with E-state index in [0.29, 0.717) is 47.9 Å². The summed E-state index contributed by atoms with van der Waals surface area (Å²) in [5.41, 5.74) is 1.69. The minimum atomic E-state index is 0.241. The second-order valence-electron chi connectivity index (χ2n) is 8.21. The monoisotopic (exact) mass is 470 g/mol. The Morgan fingerprint density at radius 3 is 2.76 bits per heavy atom. The van der Waals surface area contributed by atoms with Crippen LogP contribution in [-0.4, -0.2) is 60.7 Å². The summed E-state index contributed by atoms with van der Waals surface area (Å²) >= 11 is 0. The topological polar surface area (TPSA) is 132 Å². The molecule has 0 fully saturated rings. The van der Waals surface area contributed by atoms with E-state index >= 15 is 0 Å². The first kappa shape index (κ1) is 24.9. The zero-order chi connectivity index (χ0) is 23.6. The van der Waals surface area contributed by atoms with Gasteiger partial charge in [0.1, 0.15) is 5.82 Å². The Labute approximate surface area is 197 Å². The summed E-state index contributed by atoms with van der Waals surface area (Å²) in [6, 6.07) is 4.72. The second kappa shape index (κ2) is 12.5. The summed E-state index contributed by atoms with van der Waals surface area (Å²) in [6.45, 7) is 8.97. The smallest absolute Gasteiger partial charge is 0.198 e. The van der Waals surface area contributed by atoms with Crippen LogP contribution in [0, 0.1) is 25.2 Å². The Balaban J connectivity index is 1.83. The fraction of sp³-hybridized carbons (Fsp3) is 0.591. The van der Waals surface area contributed by atoms with Crippen LogP contribution in [0.5, 0.6) is 0 Å². The lowest BCUT2D eigenvalue weighted by molar-refractivity contribution is 0.454. The third-order valence-electron chi connectivity index (χ3n) is 5.28. The summed E-state index contributed by atoms with van der Waals surface area (Å²) in [5, 5.41) is 31.0. The van der Waals surface area contributed by atoms with Gasteiger partial charge in [-0.05, 0) is 39.0 Å². The largest absolute Gasteiger partial charge is 0.364 e. The van der Waals surface area contributed by atoms with Crippen LogP contribution in [0.1, 0.15) is 51.0 Å². The second-order valence-corrected chi connectivity index (χ2v) is 9.62. The molecular weight excluding hydrogens is 435 g/mol. The summed E-state index contributed by atoms with van der Waals surface area (Å²) in [6.07, 6.45) is 7.80. The molecular formula is C22H35N10P. The first-order chi connectivity index (χ1) is 16.0. The Hall–Kier alpha value is -2.76. The van der Waals surface area contributed by atoms with Gasteiger partial charge in [-0.15, -0.1) is 8.58 Å². The summed E-state index contributed by atoms with van der Waals surface area (Å²) in [5.74, 6) is 2.76. The van der Waals surface area contributed by atoms with E-state index in [0.717, 1.165) is 33.3 Å². The molecule has 178 valence electrons. The molecule has 0 aliphatic rings. The molecule has 0 saturated heterocycles. The molecule has 0 saturated carbocycles. The number of aryl methyl sites for hydroxylation is 2. The normalized spacial score (nSPS) is 13.4. The number of H-pyrrole nitrogens is 1. The van der Waals surface area contributed by atoms with Crippen molar-refractivity contribution < 1.29 is 0 Å². The Morgan fingerprint density at radius 2 is 2.06 bits per heavy atom. The van der Waals surface area contributed by atoms with Gasteiger partial charge in [-0.25, -0.2) is 14.5 Å². The number of hydrogen-bond acceptors (Lipinski definition) is 8. The van der Waals surface area contributed by atoms with Gasteiger partial charge < -0.3 is 16.0 Å². The van der Waals surface area contributed by atoms with Crippen molar-refractivity contribution in [2.75, 3.05) is 29.5 Å². The molecule has 0 amide bonds. The van der Waals surface area contributed by atoms with Crippen molar-refractivity contribution >= 4 is 31.7 Å². The standard InChI is InChI=1S/C22H35N10P/c1-5-10-33-14-18(12-17(6-2)24-9-7-8-23)26-21-22-25-16(4)31-32(22)13-20(28-21)27-19-11-15(3)29-30-19/h11,13,17-18,24,33H,5-7,9-10,12,14H2,1-4H3,(H,26,28)(H2,27,29,30). The van der Waals surface area contributed by atoms with Crippen molar-refractivity contribution in [1.29, 1.82) is 5.26 Å². The predicted molar refractivity (Wildman–Crippen MR) is 135 cm³/mol. The molecule has 3 heterocycles. The molecule has 0 spiro atoms. The maximum atomic E-state index is 8.87. The van der Waals surface area contributed by atoms with Crippen molar-refractivity contribution in [3.8, 4) is 6.07 Å². The third-order valence-corrected chi connectivity index (χ3v) is 6.91. The van der Waals surface area contributed by atoms with Gasteiger partial charge in [0.05, 0.1) is 12.3 Å². The van der Waals surface area contributed by atoms with Crippen molar-refractivity contribution in [2.45, 2.75) is 65.5 Å². The van der Waals surface area contributed by atoms with Gasteiger partial charge in [0, 0.05) is 36.8 Å². The number of nitrogens with zero attached hydrogens (tertiary/aromatic N) is 6. The van der Waals surface area contributed by atoms with Crippen LogP contribution in [0.25, 0.3) is 5.65 Å². The lowest BCUT2D eigenvalue weighted by atomic mass is 10.1. The average Bonchev–Trinajstić information content (AvgIpc) is 3.37. The van der Waals surface area contributed by atoms with E-state index in [4.69, 9.17) is 10.2 Å². The molecule has 0 aliphatic heterocycles. The van der Waals surface area contributed by atoms with Crippen LogP contribution in [-0.2, 0) is 0 Å². The van der Waals surface area contributed by atoms with Crippen LogP contribution < -0.4 is 16.0 Å². The van der Waals surface area contributed by atoms with Crippen molar-refractivity contribution in [2.24, 2.45) is 0 Å². The van der Waals surface area contributed by atoms with Crippen molar-refractivity contribution in [3.63, 3.8) is 0 Å². The molecule has 3 aromatic heterocycles. The van der Waals surface area contributed by atoms with Crippen LogP contribution in [0.2, 0.25) is 0 Å². The molecule has 0 bridgehead atoms. The molecule has 33 heavy (non-hydrogen) atoms. The fourth-order valence-electron chi connectivity index (χ4n) is 3.68. The minimum Gasteiger partial charge on any atom is -0.364 e. The Morgan fingerprint density at radius 1 is 1.21 bits per heavy atom. The van der Waals surface area contributed by atoms with Gasteiger partial charge in [-0.2, -0.15) is 15.5 Å². The molecule has 4 N–H and O–H groups in total. The van der Waals surface area contributed by atoms with E-state index in [1.54, 1.807) is 4.52 Å². The molecule has 3 rings (SSSR count). The lowest BCUT2D eigenvalue weighted by Gasteiger charge is -2.25. The average molecular weight is 471 g/mol. The van der Waals surface area contributed by atoms with Crippen LogP contribution in [0.3, 0.4) is 0 Å². The first-order valence-corrected chi connectivity index (χ1v) is 13.0. The third kappa shape index (κ3) is 7.37. The molecule has 3 unspecified atom stereocenters. The summed E-state index contributed by atoms with van der Waals surface area (Å²) in [7, 11) is 0.885. The molecule has 11 heteroatoms. The van der Waals surface area contributed by atoms with Gasteiger partial charge >= 0.3 is 0 Å². The number of nitriles is 1. The maximum absolute atomic E-state index is 8.87. The van der Waals surface area contributed by atoms with Gasteiger partial charge in [-0.3, -0.25) is 5.10 Å². The molecule has 3 aromatic rings. The number of aromatic amines is 1. The maximum Gasteiger partial charge on any atom is 0.198 e. The number of hydrogen-bond donors (Lipinski definition) is 4. The van der Waals surface area contributed by atoms with Crippen LogP contribution in [0.4, 0.5) is 17.5 Å². The zero-order valence-electron chi connectivity index (χ0n) is 19.9. The molecule has 10 nitrogen and oxygen atoms in total. The summed E-state index contributed by atoms with van der Waals surface area (Å²) in [4.78, 5) is 9.44. The van der Waals surface area contributed by atoms with E-state index in [-0.39, 0.29) is 6.04 Å². The number of aromatic nitrogens is 6. The van der Waals surface area contributed by atoms with Gasteiger partial charge in [-0.1, -0.05) is 20.3 Å². The highest BCUT2D eigenvalue weighted by Gasteiger charge is 2.19. The van der Waals surface area contributed by atoms with Gasteiger partial charge in [0.2, 0.25) is 0 Å². The van der Waals surface area contributed by atoms with E-state index in [1.807, 2.05) is 26.1 Å². The Bertz CT molecular complexity index is 1050. The van der Waals surface area contributed by atoms with E-state index in [1.165, 1.54) is 12.6 Å². The first-order valence-electron chi connectivity index (χ1n) is 11.6. The van der Waals surface area contributed by atoms with E-state index in [2.05, 4.69) is 56.1 Å². The lowest BCUT2D eigenvalue weighted by Crippen LogP contribution is -2.36. The van der Waals surface area contributed by atoms with Crippen molar-refractivity contribution in [3.05, 3.63) is 23.8 Å². The SMILES string of the molecule is CCCPCC(CC(CC)NCCC#N)Nc1nc(Nc2cc(C)[nH]n2)cn2nc(C)nc12. The van der Waals surface area contributed by atoms with Gasteiger partial charge in [0.25, 0.3) is 0 Å². The molecule has 0 aliphatic carbocycles. The Kier molecular flexibility index (Phi) is 9.40. The van der Waals surface area contributed by atoms with Crippen molar-refractivity contribution in [1.82, 2.24) is 35.1 Å². The summed E-state index contributed by atoms with van der Waals surface area (Å²) < 4.78 is 1.76. The molecule has 0 radical (unpaired) electrons. The van der Waals surface area contributed by atoms with Crippen LogP contribution >= 0.6 is 8.58 Å². The van der Waals surface area contributed by atoms with E-state index < -0.39 is 0 Å². The molecule has 3 atom stereocenters. The minimum absolute atomic E-state index is 0.241. The highest BCUT2D eigenvalue weighted by Crippen LogP contribution is 2.24. The predicted octanol–water partition coefficient (Wildman–Crippen LogP) is 3.75. The number of anilines is 3. The van der Waals surface area contributed by atoms with Crippen LogP contribution in [0.15, 0.2) is 12.3 Å². The number of fused-ring (bicyclic) bond motifs is 1. The fourth-order valence-corrected chi connectivity index (χ4v) is 4.85. The highest BCUT2D eigenvalue weighted by atomic mass is 31.1. The number of rotatable bonds is 14. The number of nitrogens with one attached hydrogen (secondary N) is 4. The highest BCUT2D eigenvalue weighted by molar-refractivity contribution is 7.38.